The van der Waals surface area contributed by atoms with E-state index >= 15 is 0 Å². The largest absolute Gasteiger partial charge is 0.485 e. The van der Waals surface area contributed by atoms with Gasteiger partial charge in [-0.25, -0.2) is 18.2 Å². The molecule has 15 heteroatoms. The van der Waals surface area contributed by atoms with Gasteiger partial charge in [-0.1, -0.05) is 0 Å². The van der Waals surface area contributed by atoms with E-state index in [1.54, 1.807) is 0 Å². The minimum absolute atomic E-state index is 0.0519. The van der Waals surface area contributed by atoms with Crippen molar-refractivity contribution in [3.8, 4) is 5.75 Å². The molecule has 3 heterocycles. The van der Waals surface area contributed by atoms with Gasteiger partial charge in [-0.05, 0) is 25.0 Å². The Kier molecular flexibility index (Phi) is 7.70. The fraction of sp³-hybridized carbons (Fsp3) is 0.684. The van der Waals surface area contributed by atoms with Crippen LogP contribution in [0, 0.1) is 0 Å². The highest BCUT2D eigenvalue weighted by atomic mass is 32.2. The van der Waals surface area contributed by atoms with Crippen LogP contribution in [0.5, 0.6) is 5.75 Å². The quantitative estimate of drug-likeness (QED) is 0.324. The highest BCUT2D eigenvalue weighted by Gasteiger charge is 2.58. The Morgan fingerprint density at radius 1 is 1.21 bits per heavy atom. The first-order chi connectivity index (χ1) is 15.8. The number of carbonyl (C=O) groups is 1. The van der Waals surface area contributed by atoms with Gasteiger partial charge in [0.05, 0.1) is 6.20 Å². The molecule has 3 rings (SSSR count). The Morgan fingerprint density at radius 2 is 1.82 bits per heavy atom. The zero-order valence-corrected chi connectivity index (χ0v) is 18.7. The van der Waals surface area contributed by atoms with Crippen molar-refractivity contribution in [2.45, 2.75) is 48.4 Å². The number of halogens is 5. The van der Waals surface area contributed by atoms with Crippen molar-refractivity contribution in [1.82, 2.24) is 14.8 Å². The molecule has 0 aliphatic carbocycles. The number of amides is 1. The normalized spacial score (nSPS) is 20.6. The number of alkyl halides is 5. The number of nitrogens with one attached hydrogen (secondary N) is 1. The Morgan fingerprint density at radius 3 is 2.32 bits per heavy atom. The number of hydroxylamine groups is 1. The first-order valence-electron chi connectivity index (χ1n) is 10.4. The first kappa shape index (κ1) is 26.5. The maximum absolute atomic E-state index is 13.3. The molecule has 2 fully saturated rings. The molecule has 34 heavy (non-hydrogen) atoms. The molecule has 1 amide bonds. The summed E-state index contributed by atoms with van der Waals surface area (Å²) < 4.78 is 98.3. The zero-order valence-electron chi connectivity index (χ0n) is 17.9. The lowest BCUT2D eigenvalue weighted by atomic mass is 9.94. The highest BCUT2D eigenvalue weighted by molar-refractivity contribution is 7.91. The molecule has 0 radical (unpaired) electrons. The average molecular weight is 517 g/mol. The van der Waals surface area contributed by atoms with Gasteiger partial charge in [0.1, 0.15) is 5.75 Å². The van der Waals surface area contributed by atoms with E-state index in [0.717, 1.165) is 6.20 Å². The number of ether oxygens (including phenoxy) is 2. The van der Waals surface area contributed by atoms with Gasteiger partial charge in [0.2, 0.25) is 10.0 Å². The average Bonchev–Trinajstić information content (AvgIpc) is 2.82. The van der Waals surface area contributed by atoms with Crippen molar-refractivity contribution in [1.29, 1.82) is 0 Å². The van der Waals surface area contributed by atoms with E-state index < -0.39 is 39.4 Å². The standard InChI is InChI=1S/C19H24F5N3O6S/c20-18(21,19(22,23)24)12-33-14-1-2-15(25-11-14)13-3-7-27(8-4-13)34(30,31)17(16(28)26-29)5-9-32-10-6-17/h1-2,11,13,29H,3-10,12H2,(H,26,28). The molecule has 0 spiro atoms. The Bertz CT molecular complexity index is 960. The van der Waals surface area contributed by atoms with Crippen LogP contribution in [0.2, 0.25) is 0 Å². The minimum Gasteiger partial charge on any atom is -0.485 e. The molecule has 1 aromatic rings. The van der Waals surface area contributed by atoms with Crippen LogP contribution < -0.4 is 10.2 Å². The third kappa shape index (κ3) is 5.11. The van der Waals surface area contributed by atoms with Gasteiger partial charge in [-0.2, -0.15) is 22.0 Å². The van der Waals surface area contributed by atoms with Crippen LogP contribution >= 0.6 is 0 Å². The fourth-order valence-corrected chi connectivity index (χ4v) is 6.17. The molecule has 2 saturated heterocycles. The molecule has 192 valence electrons. The summed E-state index contributed by atoms with van der Waals surface area (Å²) in [5.74, 6) is -6.47. The summed E-state index contributed by atoms with van der Waals surface area (Å²) >= 11 is 0. The molecular weight excluding hydrogens is 493 g/mol. The van der Waals surface area contributed by atoms with Gasteiger partial charge < -0.3 is 9.47 Å². The predicted octanol–water partition coefficient (Wildman–Crippen LogP) is 2.22. The van der Waals surface area contributed by atoms with E-state index in [9.17, 15) is 35.2 Å². The van der Waals surface area contributed by atoms with E-state index in [2.05, 4.69) is 9.72 Å². The summed E-state index contributed by atoms with van der Waals surface area (Å²) in [6, 6.07) is 2.65. The SMILES string of the molecule is O=C(NO)C1(S(=O)(=O)N2CCC(c3ccc(OCC(F)(F)C(F)(F)F)cn3)CC2)CCOCC1. The second-order valence-electron chi connectivity index (χ2n) is 8.14. The second kappa shape index (κ2) is 9.87. The summed E-state index contributed by atoms with van der Waals surface area (Å²) in [7, 11) is -4.13. The molecule has 0 aromatic carbocycles. The number of nitrogens with zero attached hydrogens (tertiary/aromatic N) is 2. The van der Waals surface area contributed by atoms with E-state index in [1.165, 1.54) is 21.9 Å². The number of pyridine rings is 1. The summed E-state index contributed by atoms with van der Waals surface area (Å²) in [6.07, 6.45) is -4.21. The molecule has 9 nitrogen and oxygen atoms in total. The van der Waals surface area contributed by atoms with Crippen LogP contribution in [0.3, 0.4) is 0 Å². The molecule has 1 aromatic heterocycles. The van der Waals surface area contributed by atoms with Gasteiger partial charge in [0, 0.05) is 50.8 Å². The lowest BCUT2D eigenvalue weighted by Gasteiger charge is -2.40. The molecule has 0 unspecified atom stereocenters. The van der Waals surface area contributed by atoms with Crippen molar-refractivity contribution in [3.05, 3.63) is 24.0 Å². The highest BCUT2D eigenvalue weighted by Crippen LogP contribution is 2.38. The summed E-state index contributed by atoms with van der Waals surface area (Å²) in [6.45, 7) is -1.62. The van der Waals surface area contributed by atoms with Gasteiger partial charge >= 0.3 is 12.1 Å². The van der Waals surface area contributed by atoms with Crippen LogP contribution in [-0.2, 0) is 19.6 Å². The molecule has 2 aliphatic rings. The van der Waals surface area contributed by atoms with Crippen molar-refractivity contribution in [3.63, 3.8) is 0 Å². The van der Waals surface area contributed by atoms with Crippen LogP contribution in [0.1, 0.15) is 37.3 Å². The summed E-state index contributed by atoms with van der Waals surface area (Å²) in [5.41, 5.74) is 1.96. The minimum atomic E-state index is -5.73. The fourth-order valence-electron chi connectivity index (χ4n) is 4.02. The molecular formula is C19H24F5N3O6S. The smallest absolute Gasteiger partial charge is 0.456 e. The van der Waals surface area contributed by atoms with Gasteiger partial charge in [0.15, 0.2) is 11.4 Å². The van der Waals surface area contributed by atoms with Gasteiger partial charge in [0.25, 0.3) is 5.91 Å². The number of hydrogen-bond donors (Lipinski definition) is 2. The molecule has 2 N–H and O–H groups in total. The Hall–Kier alpha value is -2.10. The van der Waals surface area contributed by atoms with Crippen LogP contribution in [-0.4, -0.2) is 78.6 Å². The Labute approximate surface area is 192 Å². The third-order valence-electron chi connectivity index (χ3n) is 6.12. The van der Waals surface area contributed by atoms with Crippen molar-refractivity contribution in [2.75, 3.05) is 32.9 Å². The van der Waals surface area contributed by atoms with E-state index in [0.29, 0.717) is 18.5 Å². The van der Waals surface area contributed by atoms with Crippen molar-refractivity contribution >= 4 is 15.9 Å². The Balaban J connectivity index is 1.63. The number of sulfonamides is 1. The van der Waals surface area contributed by atoms with E-state index in [-0.39, 0.29) is 50.8 Å². The van der Waals surface area contributed by atoms with E-state index in [1.807, 2.05) is 0 Å². The summed E-state index contributed by atoms with van der Waals surface area (Å²) in [4.78, 5) is 16.4. The number of carbonyl (C=O) groups excluding carboxylic acids is 1. The maximum Gasteiger partial charge on any atom is 0.456 e. The number of aromatic nitrogens is 1. The molecule has 2 aliphatic heterocycles. The molecule has 0 bridgehead atoms. The predicted molar refractivity (Wildman–Crippen MR) is 106 cm³/mol. The summed E-state index contributed by atoms with van der Waals surface area (Å²) in [5, 5.41) is 9.11. The number of hydrogen-bond acceptors (Lipinski definition) is 7. The topological polar surface area (TPSA) is 118 Å². The zero-order chi connectivity index (χ0) is 25.2. The van der Waals surface area contributed by atoms with Gasteiger partial charge in [-0.15, -0.1) is 0 Å². The van der Waals surface area contributed by atoms with Crippen molar-refractivity contribution in [2.24, 2.45) is 0 Å². The maximum atomic E-state index is 13.3. The monoisotopic (exact) mass is 517 g/mol. The molecule has 0 saturated carbocycles. The van der Waals surface area contributed by atoms with Crippen molar-refractivity contribution < 1.29 is 49.8 Å². The molecule has 0 atom stereocenters. The lowest BCUT2D eigenvalue weighted by Crippen LogP contribution is -2.60. The van der Waals surface area contributed by atoms with Crippen LogP contribution in [0.4, 0.5) is 22.0 Å². The van der Waals surface area contributed by atoms with E-state index in [4.69, 9.17) is 9.94 Å². The number of rotatable bonds is 7. The van der Waals surface area contributed by atoms with Crippen LogP contribution in [0.15, 0.2) is 18.3 Å². The first-order valence-corrected chi connectivity index (χ1v) is 11.8. The second-order valence-corrected chi connectivity index (χ2v) is 10.4. The lowest BCUT2D eigenvalue weighted by molar-refractivity contribution is -0.290. The van der Waals surface area contributed by atoms with Crippen LogP contribution in [0.25, 0.3) is 0 Å². The third-order valence-corrected chi connectivity index (χ3v) is 8.74. The number of piperidine rings is 1. The van der Waals surface area contributed by atoms with Gasteiger partial charge in [-0.3, -0.25) is 15.0 Å².